The molecule has 0 saturated heterocycles. The summed E-state index contributed by atoms with van der Waals surface area (Å²) >= 11 is 9.08. The molecule has 3 N–H and O–H groups in total. The van der Waals surface area contributed by atoms with Gasteiger partial charge in [0.15, 0.2) is 0 Å². The summed E-state index contributed by atoms with van der Waals surface area (Å²) in [7, 11) is -3.91. The summed E-state index contributed by atoms with van der Waals surface area (Å²) in [6, 6.07) is 16.5. The highest BCUT2D eigenvalue weighted by molar-refractivity contribution is 9.10. The van der Waals surface area contributed by atoms with E-state index < -0.39 is 15.9 Å². The first-order valence-electron chi connectivity index (χ1n) is 8.45. The van der Waals surface area contributed by atoms with Crippen LogP contribution in [0.3, 0.4) is 0 Å². The molecule has 30 heavy (non-hydrogen) atoms. The van der Waals surface area contributed by atoms with E-state index in [-0.39, 0.29) is 16.2 Å². The molecule has 154 valence electrons. The number of carbonyl (C=O) groups excluding carboxylic acids is 1. The normalized spacial score (nSPS) is 11.4. The molecule has 0 fully saturated rings. The number of anilines is 1. The molecular formula is C20H15BrClN3O4S. The number of hydrazone groups is 1. The van der Waals surface area contributed by atoms with Gasteiger partial charge in [-0.1, -0.05) is 33.6 Å². The summed E-state index contributed by atoms with van der Waals surface area (Å²) in [5, 5.41) is 14.1. The maximum absolute atomic E-state index is 12.6. The van der Waals surface area contributed by atoms with Crippen molar-refractivity contribution in [3.8, 4) is 5.75 Å². The first-order valence-corrected chi connectivity index (χ1v) is 11.1. The number of hydrogen-bond acceptors (Lipinski definition) is 5. The molecule has 3 rings (SSSR count). The van der Waals surface area contributed by atoms with E-state index in [2.05, 4.69) is 31.2 Å². The fraction of sp³-hybridized carbons (Fsp3) is 0. The molecule has 3 aromatic rings. The summed E-state index contributed by atoms with van der Waals surface area (Å²) in [6.45, 7) is 0. The Morgan fingerprint density at radius 3 is 2.53 bits per heavy atom. The van der Waals surface area contributed by atoms with Crippen molar-refractivity contribution >= 4 is 55.4 Å². The Bertz CT molecular complexity index is 1210. The van der Waals surface area contributed by atoms with Crippen LogP contribution in [-0.4, -0.2) is 25.6 Å². The van der Waals surface area contributed by atoms with E-state index in [1.165, 1.54) is 48.7 Å². The monoisotopic (exact) mass is 507 g/mol. The zero-order chi connectivity index (χ0) is 21.7. The molecule has 0 unspecified atom stereocenters. The van der Waals surface area contributed by atoms with E-state index in [0.29, 0.717) is 16.3 Å². The average Bonchev–Trinajstić information content (AvgIpc) is 2.72. The summed E-state index contributed by atoms with van der Waals surface area (Å²) in [6.07, 6.45) is 1.28. The molecular weight excluding hydrogens is 494 g/mol. The van der Waals surface area contributed by atoms with Crippen LogP contribution in [0.15, 0.2) is 81.2 Å². The van der Waals surface area contributed by atoms with Crippen LogP contribution in [0.25, 0.3) is 0 Å². The molecule has 0 atom stereocenters. The van der Waals surface area contributed by atoms with E-state index in [9.17, 15) is 18.3 Å². The molecule has 3 aromatic carbocycles. The Hall–Kier alpha value is -2.88. The lowest BCUT2D eigenvalue weighted by molar-refractivity contribution is 0.0955. The van der Waals surface area contributed by atoms with Gasteiger partial charge in [0.25, 0.3) is 15.9 Å². The minimum absolute atomic E-state index is 0.00226. The Labute approximate surface area is 186 Å². The smallest absolute Gasteiger partial charge is 0.271 e. The van der Waals surface area contributed by atoms with Crippen molar-refractivity contribution < 1.29 is 18.3 Å². The molecule has 0 aliphatic carbocycles. The molecule has 1 amide bonds. The third kappa shape index (κ3) is 5.59. The number of rotatable bonds is 6. The highest BCUT2D eigenvalue weighted by Gasteiger charge is 2.16. The van der Waals surface area contributed by atoms with Gasteiger partial charge >= 0.3 is 0 Å². The second-order valence-corrected chi connectivity index (χ2v) is 9.08. The van der Waals surface area contributed by atoms with Crippen LogP contribution in [0.5, 0.6) is 5.75 Å². The molecule has 0 aliphatic heterocycles. The van der Waals surface area contributed by atoms with Gasteiger partial charge < -0.3 is 5.11 Å². The van der Waals surface area contributed by atoms with Gasteiger partial charge in [-0.3, -0.25) is 9.52 Å². The minimum Gasteiger partial charge on any atom is -0.507 e. The summed E-state index contributed by atoms with van der Waals surface area (Å²) < 4.78 is 28.3. The van der Waals surface area contributed by atoms with Crippen LogP contribution in [0.4, 0.5) is 5.69 Å². The average molecular weight is 509 g/mol. The second-order valence-electron chi connectivity index (χ2n) is 6.04. The summed E-state index contributed by atoms with van der Waals surface area (Å²) in [5.74, 6) is -0.609. The Kier molecular flexibility index (Phi) is 6.76. The number of nitrogens with zero attached hydrogens (tertiary/aromatic N) is 1. The van der Waals surface area contributed by atoms with Crippen LogP contribution in [-0.2, 0) is 10.0 Å². The van der Waals surface area contributed by atoms with Crippen LogP contribution in [0.1, 0.15) is 15.9 Å². The largest absolute Gasteiger partial charge is 0.507 e. The predicted octanol–water partition coefficient (Wildman–Crippen LogP) is 4.37. The van der Waals surface area contributed by atoms with Gasteiger partial charge in [0, 0.05) is 26.3 Å². The molecule has 10 heteroatoms. The zero-order valence-corrected chi connectivity index (χ0v) is 18.4. The van der Waals surface area contributed by atoms with E-state index in [0.717, 1.165) is 4.47 Å². The molecule has 0 spiro atoms. The third-order valence-electron chi connectivity index (χ3n) is 3.86. The molecule has 0 heterocycles. The fourth-order valence-electron chi connectivity index (χ4n) is 2.39. The molecule has 0 aromatic heterocycles. The number of phenols is 1. The molecule has 7 nitrogen and oxygen atoms in total. The van der Waals surface area contributed by atoms with Crippen molar-refractivity contribution in [2.45, 2.75) is 4.90 Å². The van der Waals surface area contributed by atoms with E-state index in [4.69, 9.17) is 11.6 Å². The molecule has 0 saturated carbocycles. The van der Waals surface area contributed by atoms with Crippen molar-refractivity contribution in [1.82, 2.24) is 5.43 Å². The zero-order valence-electron chi connectivity index (χ0n) is 15.2. The minimum atomic E-state index is -3.91. The van der Waals surface area contributed by atoms with Crippen molar-refractivity contribution in [1.29, 1.82) is 0 Å². The summed E-state index contributed by atoms with van der Waals surface area (Å²) in [4.78, 5) is 12.3. The van der Waals surface area contributed by atoms with Gasteiger partial charge in [0.1, 0.15) is 5.75 Å². The maximum atomic E-state index is 12.6. The van der Waals surface area contributed by atoms with Gasteiger partial charge in [0.05, 0.1) is 11.1 Å². The SMILES string of the molecule is O=C(N/N=C\c1cc(Br)ccc1O)c1cccc(S(=O)(=O)Nc2ccc(Cl)cc2)c1. The number of hydrogen-bond donors (Lipinski definition) is 3. The van der Waals surface area contributed by atoms with Crippen molar-refractivity contribution in [2.24, 2.45) is 5.10 Å². The van der Waals surface area contributed by atoms with E-state index in [1.807, 2.05) is 0 Å². The van der Waals surface area contributed by atoms with Crippen LogP contribution in [0, 0.1) is 0 Å². The first kappa shape index (κ1) is 21.8. The number of sulfonamides is 1. The predicted molar refractivity (Wildman–Crippen MR) is 120 cm³/mol. The number of carbonyl (C=O) groups is 1. The lowest BCUT2D eigenvalue weighted by Gasteiger charge is -2.09. The van der Waals surface area contributed by atoms with Crippen molar-refractivity contribution in [2.75, 3.05) is 4.72 Å². The van der Waals surface area contributed by atoms with Crippen LogP contribution < -0.4 is 10.1 Å². The molecule has 0 aliphatic rings. The van der Waals surface area contributed by atoms with E-state index >= 15 is 0 Å². The third-order valence-corrected chi connectivity index (χ3v) is 5.99. The molecule has 0 bridgehead atoms. The Balaban J connectivity index is 1.73. The maximum Gasteiger partial charge on any atom is 0.271 e. The fourth-order valence-corrected chi connectivity index (χ4v) is 4.00. The standard InChI is InChI=1S/C20H15BrClN3O4S/c21-15-4-9-19(26)14(10-15)12-23-24-20(27)13-2-1-3-18(11-13)30(28,29)25-17-7-5-16(22)6-8-17/h1-12,25-26H,(H,24,27)/b23-12-. The van der Waals surface area contributed by atoms with Crippen LogP contribution in [0.2, 0.25) is 5.02 Å². The number of nitrogens with one attached hydrogen (secondary N) is 2. The van der Waals surface area contributed by atoms with Crippen molar-refractivity contribution in [3.63, 3.8) is 0 Å². The first-order chi connectivity index (χ1) is 14.2. The van der Waals surface area contributed by atoms with Gasteiger partial charge in [-0.15, -0.1) is 0 Å². The number of phenolic OH excluding ortho intramolecular Hbond substituents is 1. The number of aromatic hydroxyl groups is 1. The number of halogens is 2. The van der Waals surface area contributed by atoms with Gasteiger partial charge in [-0.2, -0.15) is 5.10 Å². The Morgan fingerprint density at radius 2 is 1.80 bits per heavy atom. The highest BCUT2D eigenvalue weighted by atomic mass is 79.9. The highest BCUT2D eigenvalue weighted by Crippen LogP contribution is 2.21. The van der Waals surface area contributed by atoms with Gasteiger partial charge in [0.2, 0.25) is 0 Å². The quantitative estimate of drug-likeness (QED) is 0.339. The second kappa shape index (κ2) is 9.29. The summed E-state index contributed by atoms with van der Waals surface area (Å²) in [5.41, 5.74) is 3.14. The lowest BCUT2D eigenvalue weighted by Crippen LogP contribution is -2.19. The van der Waals surface area contributed by atoms with Crippen molar-refractivity contribution in [3.05, 3.63) is 87.4 Å². The van der Waals surface area contributed by atoms with Gasteiger partial charge in [-0.25, -0.2) is 13.8 Å². The number of benzene rings is 3. The van der Waals surface area contributed by atoms with Crippen LogP contribution >= 0.6 is 27.5 Å². The van der Waals surface area contributed by atoms with Gasteiger partial charge in [-0.05, 0) is 60.7 Å². The lowest BCUT2D eigenvalue weighted by atomic mass is 10.2. The van der Waals surface area contributed by atoms with E-state index in [1.54, 1.807) is 24.3 Å². The molecule has 0 radical (unpaired) electrons. The number of amides is 1. The Morgan fingerprint density at radius 1 is 1.07 bits per heavy atom. The topological polar surface area (TPSA) is 108 Å².